The maximum Gasteiger partial charge on any atom is 0.227 e. The standard InChI is InChI=1S/C19H20N4O3/c1-4-10(2)19(25)23-14-8-12(20)17-16-11(9-21-17)7-13(22-18(14)16)15(24)5-6-26-3/h5-10,20,22H,4H2,1-3H3,(H,23,25)/b6-5+,20-12?. The van der Waals surface area contributed by atoms with E-state index in [9.17, 15) is 9.59 Å². The highest BCUT2D eigenvalue weighted by Crippen LogP contribution is 2.29. The molecule has 0 aliphatic carbocycles. The molecule has 134 valence electrons. The molecule has 0 fully saturated rings. The molecule has 0 aliphatic heterocycles. The fourth-order valence-corrected chi connectivity index (χ4v) is 2.74. The molecule has 0 saturated heterocycles. The number of rotatable bonds is 6. The summed E-state index contributed by atoms with van der Waals surface area (Å²) in [6.45, 7) is 3.78. The molecule has 0 bridgehead atoms. The second-order valence-electron chi connectivity index (χ2n) is 6.17. The maximum atomic E-state index is 12.3. The van der Waals surface area contributed by atoms with Crippen molar-refractivity contribution >= 4 is 39.2 Å². The molecule has 7 heteroatoms. The van der Waals surface area contributed by atoms with Gasteiger partial charge in [-0.15, -0.1) is 0 Å². The number of aromatic nitrogens is 2. The van der Waals surface area contributed by atoms with Crippen molar-refractivity contribution in [2.24, 2.45) is 5.92 Å². The molecular weight excluding hydrogens is 332 g/mol. The van der Waals surface area contributed by atoms with E-state index in [1.165, 1.54) is 19.4 Å². The molecule has 7 nitrogen and oxygen atoms in total. The zero-order chi connectivity index (χ0) is 18.8. The van der Waals surface area contributed by atoms with E-state index in [2.05, 4.69) is 15.3 Å². The monoisotopic (exact) mass is 352 g/mol. The van der Waals surface area contributed by atoms with Crippen LogP contribution in [0.25, 0.3) is 21.8 Å². The maximum absolute atomic E-state index is 12.3. The smallest absolute Gasteiger partial charge is 0.227 e. The van der Waals surface area contributed by atoms with Gasteiger partial charge in [0.25, 0.3) is 0 Å². The first-order valence-corrected chi connectivity index (χ1v) is 8.33. The molecule has 3 aromatic rings. The third-order valence-electron chi connectivity index (χ3n) is 4.42. The average Bonchev–Trinajstić information content (AvgIpc) is 3.07. The normalized spacial score (nSPS) is 12.7. The molecule has 3 rings (SSSR count). The van der Waals surface area contributed by atoms with E-state index in [1.54, 1.807) is 18.3 Å². The number of nitrogens with one attached hydrogen (secondary N) is 3. The van der Waals surface area contributed by atoms with Gasteiger partial charge < -0.3 is 15.0 Å². The van der Waals surface area contributed by atoms with Gasteiger partial charge in [-0.2, -0.15) is 0 Å². The van der Waals surface area contributed by atoms with E-state index in [1.807, 2.05) is 13.8 Å². The molecule has 3 N–H and O–H groups in total. The molecule has 1 amide bonds. The van der Waals surface area contributed by atoms with Gasteiger partial charge in [-0.1, -0.05) is 13.8 Å². The zero-order valence-electron chi connectivity index (χ0n) is 14.8. The lowest BCUT2D eigenvalue weighted by molar-refractivity contribution is -0.119. The largest absolute Gasteiger partial charge is 0.504 e. The molecule has 2 heterocycles. The summed E-state index contributed by atoms with van der Waals surface area (Å²) in [5.41, 5.74) is 1.92. The molecule has 1 aromatic carbocycles. The number of amides is 1. The quantitative estimate of drug-likeness (QED) is 0.360. The van der Waals surface area contributed by atoms with Crippen molar-refractivity contribution in [2.45, 2.75) is 20.3 Å². The Bertz CT molecular complexity index is 1070. The van der Waals surface area contributed by atoms with Gasteiger partial charge in [0, 0.05) is 29.0 Å². The highest BCUT2D eigenvalue weighted by atomic mass is 16.5. The van der Waals surface area contributed by atoms with Crippen LogP contribution in [0, 0.1) is 11.3 Å². The van der Waals surface area contributed by atoms with Gasteiger partial charge >= 0.3 is 0 Å². The van der Waals surface area contributed by atoms with Crippen molar-refractivity contribution in [3.63, 3.8) is 0 Å². The van der Waals surface area contributed by atoms with E-state index < -0.39 is 0 Å². The highest BCUT2D eigenvalue weighted by molar-refractivity contribution is 6.16. The van der Waals surface area contributed by atoms with E-state index in [0.717, 1.165) is 10.8 Å². The number of carbonyl (C=O) groups is 2. The number of methoxy groups -OCH3 is 1. The van der Waals surface area contributed by atoms with E-state index >= 15 is 0 Å². The van der Waals surface area contributed by atoms with Crippen LogP contribution in [0.5, 0.6) is 0 Å². The van der Waals surface area contributed by atoms with Gasteiger partial charge in [0.1, 0.15) is 0 Å². The number of allylic oxidation sites excluding steroid dienone is 1. The molecule has 2 aromatic heterocycles. The lowest BCUT2D eigenvalue weighted by Crippen LogP contribution is -2.21. The van der Waals surface area contributed by atoms with Gasteiger partial charge in [0.05, 0.1) is 41.1 Å². The van der Waals surface area contributed by atoms with Crippen molar-refractivity contribution in [3.8, 4) is 0 Å². The second-order valence-corrected chi connectivity index (χ2v) is 6.17. The number of nitrogens with zero attached hydrogens (tertiary/aromatic N) is 1. The number of ketones is 1. The molecular formula is C19H20N4O3. The van der Waals surface area contributed by atoms with Crippen LogP contribution in [0.1, 0.15) is 30.8 Å². The first-order chi connectivity index (χ1) is 12.5. The van der Waals surface area contributed by atoms with Gasteiger partial charge in [-0.25, -0.2) is 0 Å². The number of H-pyrrole nitrogens is 1. The minimum absolute atomic E-state index is 0.132. The number of hydrogen-bond acceptors (Lipinski definition) is 5. The third kappa shape index (κ3) is 3.03. The fraction of sp³-hybridized carbons (Fsp3) is 0.263. The van der Waals surface area contributed by atoms with Gasteiger partial charge in [0.2, 0.25) is 11.7 Å². The van der Waals surface area contributed by atoms with Crippen molar-refractivity contribution in [2.75, 3.05) is 12.4 Å². The summed E-state index contributed by atoms with van der Waals surface area (Å²) in [5, 5.41) is 12.7. The molecule has 0 radical (unpaired) electrons. The molecule has 1 atom stereocenters. The Kier molecular flexibility index (Phi) is 4.71. The van der Waals surface area contributed by atoms with Crippen molar-refractivity contribution in [1.82, 2.24) is 9.97 Å². The Labute approximate surface area is 149 Å². The summed E-state index contributed by atoms with van der Waals surface area (Å²) >= 11 is 0. The summed E-state index contributed by atoms with van der Waals surface area (Å²) < 4.78 is 4.80. The SMILES string of the molecule is CCC(C)C(=O)Nc1cc(=N)c2ncc3cc(C(=O)/C=C/OC)[nH]c1c32. The average molecular weight is 352 g/mol. The van der Waals surface area contributed by atoms with Crippen molar-refractivity contribution in [3.05, 3.63) is 41.7 Å². The summed E-state index contributed by atoms with van der Waals surface area (Å²) in [6.07, 6.45) is 4.95. The van der Waals surface area contributed by atoms with Crippen molar-refractivity contribution in [1.29, 1.82) is 5.41 Å². The second kappa shape index (κ2) is 6.95. The van der Waals surface area contributed by atoms with Crippen LogP contribution in [0.4, 0.5) is 5.69 Å². The minimum Gasteiger partial charge on any atom is -0.504 e. The van der Waals surface area contributed by atoms with Gasteiger partial charge in [0.15, 0.2) is 0 Å². The summed E-state index contributed by atoms with van der Waals surface area (Å²) in [6, 6.07) is 3.24. The molecule has 0 spiro atoms. The summed E-state index contributed by atoms with van der Waals surface area (Å²) in [5.74, 6) is -0.553. The van der Waals surface area contributed by atoms with Crippen LogP contribution in [0.2, 0.25) is 0 Å². The Morgan fingerprint density at radius 1 is 1.42 bits per heavy atom. The number of carbonyl (C=O) groups excluding carboxylic acids is 2. The van der Waals surface area contributed by atoms with Crippen LogP contribution in [0.3, 0.4) is 0 Å². The summed E-state index contributed by atoms with van der Waals surface area (Å²) in [7, 11) is 1.46. The number of benzene rings is 1. The number of ether oxygens (including phenoxy) is 1. The first kappa shape index (κ1) is 17.6. The number of hydrogen-bond donors (Lipinski definition) is 3. The minimum atomic E-state index is -0.263. The fourth-order valence-electron chi connectivity index (χ4n) is 2.74. The Hall–Kier alpha value is -3.22. The molecule has 0 aliphatic rings. The lowest BCUT2D eigenvalue weighted by Gasteiger charge is -2.13. The Morgan fingerprint density at radius 3 is 2.88 bits per heavy atom. The van der Waals surface area contributed by atoms with Crippen LogP contribution >= 0.6 is 0 Å². The molecule has 0 saturated carbocycles. The number of anilines is 1. The van der Waals surface area contributed by atoms with Gasteiger partial charge in [-0.05, 0) is 18.6 Å². The van der Waals surface area contributed by atoms with Crippen LogP contribution in [-0.2, 0) is 9.53 Å². The topological polar surface area (TPSA) is 108 Å². The van der Waals surface area contributed by atoms with Crippen LogP contribution < -0.4 is 10.7 Å². The molecule has 1 unspecified atom stereocenters. The van der Waals surface area contributed by atoms with Crippen molar-refractivity contribution < 1.29 is 14.3 Å². The van der Waals surface area contributed by atoms with E-state index in [-0.39, 0.29) is 23.0 Å². The lowest BCUT2D eigenvalue weighted by atomic mass is 10.1. The third-order valence-corrected chi connectivity index (χ3v) is 4.42. The highest BCUT2D eigenvalue weighted by Gasteiger charge is 2.18. The van der Waals surface area contributed by atoms with Crippen LogP contribution in [0.15, 0.2) is 30.7 Å². The zero-order valence-corrected chi connectivity index (χ0v) is 14.8. The van der Waals surface area contributed by atoms with E-state index in [4.69, 9.17) is 10.1 Å². The number of pyridine rings is 1. The predicted molar refractivity (Wildman–Crippen MR) is 99.2 cm³/mol. The van der Waals surface area contributed by atoms with Gasteiger partial charge in [-0.3, -0.25) is 20.0 Å². The Morgan fingerprint density at radius 2 is 2.19 bits per heavy atom. The van der Waals surface area contributed by atoms with Crippen LogP contribution in [-0.4, -0.2) is 28.8 Å². The number of aromatic amines is 1. The Balaban J connectivity index is 2.19. The summed E-state index contributed by atoms with van der Waals surface area (Å²) in [4.78, 5) is 32.0. The molecule has 26 heavy (non-hydrogen) atoms. The first-order valence-electron chi connectivity index (χ1n) is 8.33. The predicted octanol–water partition coefficient (Wildman–Crippen LogP) is 2.96. The van der Waals surface area contributed by atoms with E-state index in [0.29, 0.717) is 28.8 Å².